The summed E-state index contributed by atoms with van der Waals surface area (Å²) < 4.78 is 1.67. The van der Waals surface area contributed by atoms with Gasteiger partial charge in [0, 0.05) is 5.69 Å². The maximum absolute atomic E-state index is 13.1. The van der Waals surface area contributed by atoms with Gasteiger partial charge in [0.1, 0.15) is 6.54 Å². The monoisotopic (exact) mass is 367 g/mol. The lowest BCUT2D eigenvalue weighted by Crippen LogP contribution is -2.34. The number of carbonyl (C=O) groups is 1. The molecule has 0 saturated carbocycles. The van der Waals surface area contributed by atoms with E-state index in [1.54, 1.807) is 9.58 Å². The van der Waals surface area contributed by atoms with E-state index in [0.29, 0.717) is 11.6 Å². The van der Waals surface area contributed by atoms with Gasteiger partial charge in [-0.1, -0.05) is 59.6 Å². The summed E-state index contributed by atoms with van der Waals surface area (Å²) in [6.07, 6.45) is 0. The topological polar surface area (TPSA) is 38.1 Å². The third-order valence-corrected chi connectivity index (χ3v) is 4.96. The number of amides is 1. The quantitative estimate of drug-likeness (QED) is 0.655. The summed E-state index contributed by atoms with van der Waals surface area (Å²) in [5.41, 5.74) is 4.65. The Labute approximate surface area is 159 Å². The molecule has 0 aliphatic carbocycles. The highest BCUT2D eigenvalue weighted by molar-refractivity contribution is 6.31. The second-order valence-electron chi connectivity index (χ2n) is 6.44. The predicted molar refractivity (Wildman–Crippen MR) is 106 cm³/mol. The van der Waals surface area contributed by atoms with Crippen molar-refractivity contribution in [1.29, 1.82) is 0 Å². The number of benzene rings is 2. The molecule has 0 aliphatic heterocycles. The van der Waals surface area contributed by atoms with Gasteiger partial charge in [-0.25, -0.2) is 0 Å². The first-order valence-electron chi connectivity index (χ1n) is 8.56. The van der Waals surface area contributed by atoms with Crippen LogP contribution in [0.5, 0.6) is 0 Å². The number of rotatable bonds is 5. The van der Waals surface area contributed by atoms with Crippen LogP contribution in [0.4, 0.5) is 5.69 Å². The SMILES string of the molecule is Cc1ccc(N(Cc2ccccc2)C(=O)Cn2nc(C)c(Cl)c2C)cc1. The molecular weight excluding hydrogens is 346 g/mol. The fraction of sp³-hybridized carbons (Fsp3) is 0.238. The van der Waals surface area contributed by atoms with E-state index in [2.05, 4.69) is 5.10 Å². The summed E-state index contributed by atoms with van der Waals surface area (Å²) in [5.74, 6) is -0.0278. The van der Waals surface area contributed by atoms with E-state index in [4.69, 9.17) is 11.6 Å². The minimum absolute atomic E-state index is 0.0278. The lowest BCUT2D eigenvalue weighted by molar-refractivity contribution is -0.119. The van der Waals surface area contributed by atoms with E-state index < -0.39 is 0 Å². The molecule has 1 heterocycles. The van der Waals surface area contributed by atoms with E-state index in [9.17, 15) is 4.79 Å². The van der Waals surface area contributed by atoms with Crippen molar-refractivity contribution in [1.82, 2.24) is 9.78 Å². The molecule has 5 heteroatoms. The number of hydrogen-bond acceptors (Lipinski definition) is 2. The molecule has 0 unspecified atom stereocenters. The first-order valence-corrected chi connectivity index (χ1v) is 8.94. The zero-order chi connectivity index (χ0) is 18.7. The molecular formula is C21H22ClN3O. The molecule has 0 spiro atoms. The van der Waals surface area contributed by atoms with Crippen molar-refractivity contribution < 1.29 is 4.79 Å². The largest absolute Gasteiger partial charge is 0.306 e. The standard InChI is InChI=1S/C21H22ClN3O/c1-15-9-11-19(12-10-15)24(13-18-7-5-4-6-8-18)20(26)14-25-17(3)21(22)16(2)23-25/h4-12H,13-14H2,1-3H3. The van der Waals surface area contributed by atoms with Crippen LogP contribution in [0.3, 0.4) is 0 Å². The minimum Gasteiger partial charge on any atom is -0.306 e. The summed E-state index contributed by atoms with van der Waals surface area (Å²) in [5, 5.41) is 5.00. The van der Waals surface area contributed by atoms with Crippen LogP contribution < -0.4 is 4.90 Å². The Kier molecular flexibility index (Phi) is 5.43. The van der Waals surface area contributed by atoms with Gasteiger partial charge >= 0.3 is 0 Å². The third-order valence-electron chi connectivity index (χ3n) is 4.41. The number of anilines is 1. The maximum atomic E-state index is 13.1. The summed E-state index contributed by atoms with van der Waals surface area (Å²) in [4.78, 5) is 14.9. The summed E-state index contributed by atoms with van der Waals surface area (Å²) in [7, 11) is 0. The van der Waals surface area contributed by atoms with Crippen LogP contribution in [-0.2, 0) is 17.9 Å². The molecule has 3 aromatic rings. The van der Waals surface area contributed by atoms with Crippen LogP contribution in [0.2, 0.25) is 5.02 Å². The minimum atomic E-state index is -0.0278. The van der Waals surface area contributed by atoms with Gasteiger partial charge in [0.25, 0.3) is 0 Å². The first-order chi connectivity index (χ1) is 12.5. The fourth-order valence-corrected chi connectivity index (χ4v) is 2.99. The molecule has 4 nitrogen and oxygen atoms in total. The molecule has 1 aromatic heterocycles. The van der Waals surface area contributed by atoms with Crippen LogP contribution in [0, 0.1) is 20.8 Å². The second kappa shape index (κ2) is 7.75. The van der Waals surface area contributed by atoms with Crippen molar-refractivity contribution in [2.45, 2.75) is 33.9 Å². The van der Waals surface area contributed by atoms with E-state index in [1.807, 2.05) is 75.4 Å². The zero-order valence-corrected chi connectivity index (χ0v) is 16.0. The molecule has 134 valence electrons. The highest BCUT2D eigenvalue weighted by Gasteiger charge is 2.19. The summed E-state index contributed by atoms with van der Waals surface area (Å²) in [6.45, 7) is 6.42. The van der Waals surface area contributed by atoms with E-state index in [-0.39, 0.29) is 12.5 Å². The van der Waals surface area contributed by atoms with Gasteiger partial charge in [0.2, 0.25) is 5.91 Å². The van der Waals surface area contributed by atoms with Crippen LogP contribution in [0.25, 0.3) is 0 Å². The Bertz CT molecular complexity index is 901. The first kappa shape index (κ1) is 18.2. The van der Waals surface area contributed by atoms with Crippen molar-refractivity contribution in [3.8, 4) is 0 Å². The lowest BCUT2D eigenvalue weighted by atomic mass is 10.1. The fourth-order valence-electron chi connectivity index (χ4n) is 2.86. The molecule has 3 rings (SSSR count). The predicted octanol–water partition coefficient (Wildman–Crippen LogP) is 4.70. The average molecular weight is 368 g/mol. The zero-order valence-electron chi connectivity index (χ0n) is 15.2. The number of nitrogens with zero attached hydrogens (tertiary/aromatic N) is 3. The average Bonchev–Trinajstić information content (AvgIpc) is 2.88. The van der Waals surface area contributed by atoms with Crippen molar-refractivity contribution in [2.24, 2.45) is 0 Å². The van der Waals surface area contributed by atoms with Gasteiger partial charge in [-0.2, -0.15) is 5.10 Å². The second-order valence-corrected chi connectivity index (χ2v) is 6.82. The Balaban J connectivity index is 1.89. The highest BCUT2D eigenvalue weighted by atomic mass is 35.5. The highest BCUT2D eigenvalue weighted by Crippen LogP contribution is 2.22. The Morgan fingerprint density at radius 2 is 1.69 bits per heavy atom. The maximum Gasteiger partial charge on any atom is 0.249 e. The molecule has 0 bridgehead atoms. The van der Waals surface area contributed by atoms with Gasteiger partial charge in [0.05, 0.1) is 23.0 Å². The van der Waals surface area contributed by atoms with Gasteiger partial charge in [-0.3, -0.25) is 9.48 Å². The van der Waals surface area contributed by atoms with Crippen molar-refractivity contribution in [3.05, 3.63) is 82.1 Å². The Morgan fingerprint density at radius 3 is 2.27 bits per heavy atom. The smallest absolute Gasteiger partial charge is 0.249 e. The number of aryl methyl sites for hydroxylation is 2. The van der Waals surface area contributed by atoms with Crippen molar-refractivity contribution >= 4 is 23.2 Å². The number of aromatic nitrogens is 2. The summed E-state index contributed by atoms with van der Waals surface area (Å²) >= 11 is 6.22. The number of carbonyl (C=O) groups excluding carboxylic acids is 1. The van der Waals surface area contributed by atoms with Crippen LogP contribution in [0.15, 0.2) is 54.6 Å². The van der Waals surface area contributed by atoms with E-state index in [1.165, 1.54) is 0 Å². The van der Waals surface area contributed by atoms with E-state index >= 15 is 0 Å². The molecule has 2 aromatic carbocycles. The third kappa shape index (κ3) is 3.97. The normalized spacial score (nSPS) is 10.8. The Morgan fingerprint density at radius 1 is 1.04 bits per heavy atom. The molecule has 0 N–H and O–H groups in total. The van der Waals surface area contributed by atoms with Gasteiger partial charge in [0.15, 0.2) is 0 Å². The van der Waals surface area contributed by atoms with Gasteiger partial charge in [-0.15, -0.1) is 0 Å². The molecule has 1 amide bonds. The van der Waals surface area contributed by atoms with Crippen molar-refractivity contribution in [3.63, 3.8) is 0 Å². The van der Waals surface area contributed by atoms with Crippen molar-refractivity contribution in [2.75, 3.05) is 4.90 Å². The lowest BCUT2D eigenvalue weighted by Gasteiger charge is -2.23. The molecule has 0 radical (unpaired) electrons. The van der Waals surface area contributed by atoms with Crippen LogP contribution >= 0.6 is 11.6 Å². The Hall–Kier alpha value is -2.59. The van der Waals surface area contributed by atoms with E-state index in [0.717, 1.165) is 28.2 Å². The molecule has 0 aliphatic rings. The van der Waals surface area contributed by atoms with Crippen LogP contribution in [-0.4, -0.2) is 15.7 Å². The molecule has 0 saturated heterocycles. The van der Waals surface area contributed by atoms with Crippen LogP contribution in [0.1, 0.15) is 22.5 Å². The van der Waals surface area contributed by atoms with Gasteiger partial charge < -0.3 is 4.90 Å². The molecule has 26 heavy (non-hydrogen) atoms. The number of halogens is 1. The molecule has 0 atom stereocenters. The number of hydrogen-bond donors (Lipinski definition) is 0. The van der Waals surface area contributed by atoms with Gasteiger partial charge in [-0.05, 0) is 38.5 Å². The molecule has 0 fully saturated rings. The summed E-state index contributed by atoms with van der Waals surface area (Å²) in [6, 6.07) is 18.0.